The Balaban J connectivity index is 5.18. The van der Waals surface area contributed by atoms with Gasteiger partial charge in [0.1, 0.15) is 18.1 Å². The molecule has 0 aliphatic heterocycles. The van der Waals surface area contributed by atoms with Crippen LogP contribution in [0, 0.1) is 0 Å². The molecule has 162 valence electrons. The molecule has 0 aliphatic rings. The lowest BCUT2D eigenvalue weighted by Gasteiger charge is -2.24. The first-order valence-corrected chi connectivity index (χ1v) is 11.0. The van der Waals surface area contributed by atoms with Crippen LogP contribution in [0.3, 0.4) is 0 Å². The van der Waals surface area contributed by atoms with Crippen molar-refractivity contribution in [2.24, 2.45) is 11.5 Å². The van der Waals surface area contributed by atoms with Gasteiger partial charge in [-0.1, -0.05) is 0 Å². The minimum Gasteiger partial charge on any atom is -0.480 e. The standard InChI is InChI=1S/C16H31N5O5S2/c1-28-7-5-11(19-13(22)8-18)15(24)20-10(4-2-3-6-17)14(23)21-12(9-27)16(25)26/h10-12,27H,2-9,17-18H2,1H3,(H,19,22)(H,20,24)(H,21,23)(H,25,26). The maximum atomic E-state index is 12.6. The van der Waals surface area contributed by atoms with Crippen molar-refractivity contribution in [1.29, 1.82) is 0 Å². The molecule has 0 aromatic rings. The lowest BCUT2D eigenvalue weighted by atomic mass is 10.1. The Hall–Kier alpha value is -1.50. The predicted octanol–water partition coefficient (Wildman–Crippen LogP) is -1.70. The molecule has 0 saturated heterocycles. The van der Waals surface area contributed by atoms with Gasteiger partial charge in [-0.3, -0.25) is 14.4 Å². The monoisotopic (exact) mass is 437 g/mol. The maximum absolute atomic E-state index is 12.6. The summed E-state index contributed by atoms with van der Waals surface area (Å²) in [6.07, 6.45) is 3.73. The van der Waals surface area contributed by atoms with E-state index in [-0.39, 0.29) is 18.7 Å². The van der Waals surface area contributed by atoms with E-state index < -0.39 is 41.8 Å². The van der Waals surface area contributed by atoms with E-state index in [0.717, 1.165) is 0 Å². The molecule has 28 heavy (non-hydrogen) atoms. The van der Waals surface area contributed by atoms with E-state index in [9.17, 15) is 19.2 Å². The molecular formula is C16H31N5O5S2. The highest BCUT2D eigenvalue weighted by Gasteiger charge is 2.28. The van der Waals surface area contributed by atoms with Crippen LogP contribution in [0.1, 0.15) is 25.7 Å². The molecule has 3 unspecified atom stereocenters. The van der Waals surface area contributed by atoms with Crippen molar-refractivity contribution < 1.29 is 24.3 Å². The summed E-state index contributed by atoms with van der Waals surface area (Å²) in [7, 11) is 0. The number of carboxylic acid groups (broad SMARTS) is 1. The van der Waals surface area contributed by atoms with E-state index >= 15 is 0 Å². The van der Waals surface area contributed by atoms with E-state index in [4.69, 9.17) is 16.6 Å². The summed E-state index contributed by atoms with van der Waals surface area (Å²) in [6, 6.07) is -2.96. The zero-order chi connectivity index (χ0) is 21.5. The largest absolute Gasteiger partial charge is 0.480 e. The normalized spacial score (nSPS) is 13.9. The molecule has 3 atom stereocenters. The number of nitrogens with one attached hydrogen (secondary N) is 3. The highest BCUT2D eigenvalue weighted by atomic mass is 32.2. The number of amides is 3. The number of hydrogen-bond acceptors (Lipinski definition) is 8. The minimum absolute atomic E-state index is 0.0898. The van der Waals surface area contributed by atoms with Crippen LogP contribution in [0.15, 0.2) is 0 Å². The molecule has 0 rings (SSSR count). The summed E-state index contributed by atoms with van der Waals surface area (Å²) >= 11 is 5.42. The molecule has 10 nitrogen and oxygen atoms in total. The van der Waals surface area contributed by atoms with Crippen molar-refractivity contribution in [3.63, 3.8) is 0 Å². The number of thiol groups is 1. The van der Waals surface area contributed by atoms with Gasteiger partial charge in [-0.15, -0.1) is 0 Å². The third kappa shape index (κ3) is 10.7. The number of unbranched alkanes of at least 4 members (excludes halogenated alkanes) is 1. The molecule has 0 heterocycles. The highest BCUT2D eigenvalue weighted by molar-refractivity contribution is 7.98. The lowest BCUT2D eigenvalue weighted by Crippen LogP contribution is -2.56. The summed E-state index contributed by atoms with van der Waals surface area (Å²) in [4.78, 5) is 47.8. The summed E-state index contributed by atoms with van der Waals surface area (Å²) in [6.45, 7) is 0.172. The molecule has 0 saturated carbocycles. The van der Waals surface area contributed by atoms with Gasteiger partial charge >= 0.3 is 5.97 Å². The average molecular weight is 438 g/mol. The highest BCUT2D eigenvalue weighted by Crippen LogP contribution is 2.06. The van der Waals surface area contributed by atoms with Crippen LogP contribution in [0.25, 0.3) is 0 Å². The van der Waals surface area contributed by atoms with E-state index in [2.05, 4.69) is 28.6 Å². The molecular weight excluding hydrogens is 406 g/mol. The zero-order valence-electron chi connectivity index (χ0n) is 16.0. The third-order valence-corrected chi connectivity index (χ3v) is 4.83. The number of aliphatic carboxylic acids is 1. The van der Waals surface area contributed by atoms with Gasteiger partial charge in [0.05, 0.1) is 6.54 Å². The lowest BCUT2D eigenvalue weighted by molar-refractivity contribution is -0.141. The fourth-order valence-corrected chi connectivity index (χ4v) is 2.97. The van der Waals surface area contributed by atoms with Crippen LogP contribution in [-0.2, 0) is 19.2 Å². The second-order valence-electron chi connectivity index (χ2n) is 6.03. The first-order valence-electron chi connectivity index (χ1n) is 8.93. The quantitative estimate of drug-likeness (QED) is 0.117. The van der Waals surface area contributed by atoms with Crippen LogP contribution >= 0.6 is 24.4 Å². The van der Waals surface area contributed by atoms with Gasteiger partial charge in [-0.2, -0.15) is 24.4 Å². The van der Waals surface area contributed by atoms with Crippen LogP contribution < -0.4 is 27.4 Å². The molecule has 0 fully saturated rings. The van der Waals surface area contributed by atoms with Gasteiger partial charge in [0, 0.05) is 5.75 Å². The number of thioether (sulfide) groups is 1. The Morgan fingerprint density at radius 3 is 2.00 bits per heavy atom. The van der Waals surface area contributed by atoms with E-state index in [1.807, 2.05) is 6.26 Å². The van der Waals surface area contributed by atoms with Crippen molar-refractivity contribution in [2.45, 2.75) is 43.8 Å². The van der Waals surface area contributed by atoms with Gasteiger partial charge in [-0.25, -0.2) is 4.79 Å². The second kappa shape index (κ2) is 15.4. The van der Waals surface area contributed by atoms with Crippen LogP contribution in [0.5, 0.6) is 0 Å². The number of nitrogens with two attached hydrogens (primary N) is 2. The fourth-order valence-electron chi connectivity index (χ4n) is 2.25. The summed E-state index contributed by atoms with van der Waals surface area (Å²) < 4.78 is 0. The number of carbonyl (C=O) groups is 4. The second-order valence-corrected chi connectivity index (χ2v) is 7.38. The number of hydrogen-bond donors (Lipinski definition) is 7. The molecule has 0 radical (unpaired) electrons. The van der Waals surface area contributed by atoms with Crippen molar-refractivity contribution in [2.75, 3.05) is 30.9 Å². The van der Waals surface area contributed by atoms with Crippen molar-refractivity contribution in [3.05, 3.63) is 0 Å². The molecule has 8 N–H and O–H groups in total. The van der Waals surface area contributed by atoms with Crippen LogP contribution in [0.2, 0.25) is 0 Å². The first-order chi connectivity index (χ1) is 13.3. The SMILES string of the molecule is CSCCC(NC(=O)CN)C(=O)NC(CCCCN)C(=O)NC(CS)C(=O)O. The van der Waals surface area contributed by atoms with Gasteiger partial charge in [0.2, 0.25) is 17.7 Å². The minimum atomic E-state index is -1.22. The summed E-state index contributed by atoms with van der Waals surface area (Å²) in [5.41, 5.74) is 10.8. The molecule has 12 heteroatoms. The Morgan fingerprint density at radius 2 is 1.54 bits per heavy atom. The third-order valence-electron chi connectivity index (χ3n) is 3.82. The maximum Gasteiger partial charge on any atom is 0.327 e. The molecule has 0 spiro atoms. The summed E-state index contributed by atoms with van der Waals surface area (Å²) in [5, 5.41) is 16.6. The van der Waals surface area contributed by atoms with Gasteiger partial charge in [0.25, 0.3) is 0 Å². The smallest absolute Gasteiger partial charge is 0.327 e. The van der Waals surface area contributed by atoms with Crippen LogP contribution in [0.4, 0.5) is 0 Å². The van der Waals surface area contributed by atoms with Gasteiger partial charge in [0.15, 0.2) is 0 Å². The van der Waals surface area contributed by atoms with Gasteiger partial charge in [-0.05, 0) is 44.2 Å². The molecule has 3 amide bonds. The van der Waals surface area contributed by atoms with E-state index in [1.54, 1.807) is 0 Å². The number of carbonyl (C=O) groups excluding carboxylic acids is 3. The van der Waals surface area contributed by atoms with Crippen molar-refractivity contribution >= 4 is 48.1 Å². The molecule has 0 bridgehead atoms. The summed E-state index contributed by atoms with van der Waals surface area (Å²) in [5.74, 6) is -2.32. The topological polar surface area (TPSA) is 177 Å². The van der Waals surface area contributed by atoms with Gasteiger partial charge < -0.3 is 32.5 Å². The number of carboxylic acids is 1. The van der Waals surface area contributed by atoms with Crippen LogP contribution in [-0.4, -0.2) is 77.8 Å². The Kier molecular flexibility index (Phi) is 14.6. The molecule has 0 aromatic carbocycles. The number of rotatable bonds is 15. The molecule has 0 aromatic heterocycles. The molecule has 0 aliphatic carbocycles. The van der Waals surface area contributed by atoms with Crippen molar-refractivity contribution in [3.8, 4) is 0 Å². The van der Waals surface area contributed by atoms with Crippen molar-refractivity contribution in [1.82, 2.24) is 16.0 Å². The van der Waals surface area contributed by atoms with E-state index in [1.165, 1.54) is 11.8 Å². The first kappa shape index (κ1) is 26.5. The zero-order valence-corrected chi connectivity index (χ0v) is 17.7. The van der Waals surface area contributed by atoms with E-state index in [0.29, 0.717) is 31.6 Å². The Morgan fingerprint density at radius 1 is 0.964 bits per heavy atom. The Bertz CT molecular complexity index is 524. The predicted molar refractivity (Wildman–Crippen MR) is 112 cm³/mol. The fraction of sp³-hybridized carbons (Fsp3) is 0.750. The Labute approximate surface area is 174 Å². The average Bonchev–Trinajstić information content (AvgIpc) is 2.67.